The monoisotopic (exact) mass is 347 g/mol. The smallest absolute Gasteiger partial charge is 0.315 e. The Morgan fingerprint density at radius 1 is 1.50 bits per heavy atom. The maximum Gasteiger partial charge on any atom is 0.315 e. The summed E-state index contributed by atoms with van der Waals surface area (Å²) in [6.45, 7) is 2.28. The highest BCUT2D eigenvalue weighted by atomic mass is 32.2. The van der Waals surface area contributed by atoms with E-state index in [0.29, 0.717) is 25.1 Å². The van der Waals surface area contributed by atoms with Gasteiger partial charge in [0.15, 0.2) is 0 Å². The van der Waals surface area contributed by atoms with E-state index in [0.717, 1.165) is 0 Å². The van der Waals surface area contributed by atoms with E-state index in [-0.39, 0.29) is 21.9 Å². The van der Waals surface area contributed by atoms with Crippen molar-refractivity contribution in [2.24, 2.45) is 0 Å². The summed E-state index contributed by atoms with van der Waals surface area (Å²) in [5.74, 6) is -0.530. The number of carbonyl (C=O) groups is 1. The van der Waals surface area contributed by atoms with Crippen LogP contribution < -0.4 is 0 Å². The number of thioether (sulfide) groups is 1. The van der Waals surface area contributed by atoms with E-state index in [1.165, 1.54) is 48.3 Å². The van der Waals surface area contributed by atoms with Crippen molar-refractivity contribution in [2.75, 3.05) is 26.0 Å². The number of carbonyl (C=O) groups excluding carboxylic acids is 1. The van der Waals surface area contributed by atoms with Gasteiger partial charge in [-0.05, 0) is 37.1 Å². The van der Waals surface area contributed by atoms with Crippen molar-refractivity contribution in [2.45, 2.75) is 23.5 Å². The normalized spacial score (nSPS) is 19.3. The van der Waals surface area contributed by atoms with Gasteiger partial charge in [-0.15, -0.1) is 11.8 Å². The lowest BCUT2D eigenvalue weighted by atomic mass is 10.2. The van der Waals surface area contributed by atoms with Crippen molar-refractivity contribution < 1.29 is 22.3 Å². The molecule has 122 valence electrons. The van der Waals surface area contributed by atoms with Gasteiger partial charge in [0, 0.05) is 18.3 Å². The van der Waals surface area contributed by atoms with Crippen LogP contribution in [0.25, 0.3) is 0 Å². The Balaban J connectivity index is 2.05. The van der Waals surface area contributed by atoms with Crippen molar-refractivity contribution in [3.05, 3.63) is 29.6 Å². The number of aryl methyl sites for hydroxylation is 1. The second-order valence-electron chi connectivity index (χ2n) is 5.07. The zero-order valence-corrected chi connectivity index (χ0v) is 14.0. The Kier molecular flexibility index (Phi) is 5.46. The van der Waals surface area contributed by atoms with Crippen molar-refractivity contribution in [3.63, 3.8) is 0 Å². The van der Waals surface area contributed by atoms with Gasteiger partial charge in [0.1, 0.15) is 5.82 Å². The number of ether oxygens (including phenoxy) is 1. The van der Waals surface area contributed by atoms with Crippen LogP contribution in [0.3, 0.4) is 0 Å². The standard InChI is InChI=1S/C14H18FNO4S2/c1-10-7-12(3-4-13(10)15)22(18,19)16-6-5-11(8-16)21-9-14(17)20-2/h3-4,7,11H,5-6,8-9H2,1-2H3. The fourth-order valence-electron chi connectivity index (χ4n) is 2.22. The van der Waals surface area contributed by atoms with E-state index in [2.05, 4.69) is 4.74 Å². The number of rotatable bonds is 5. The van der Waals surface area contributed by atoms with E-state index in [1.807, 2.05) is 0 Å². The Morgan fingerprint density at radius 2 is 2.23 bits per heavy atom. The predicted molar refractivity (Wildman–Crippen MR) is 82.8 cm³/mol. The second kappa shape index (κ2) is 6.97. The van der Waals surface area contributed by atoms with Crippen molar-refractivity contribution in [1.82, 2.24) is 4.31 Å². The quantitative estimate of drug-likeness (QED) is 0.760. The molecule has 1 atom stereocenters. The molecule has 0 amide bonds. The highest BCUT2D eigenvalue weighted by molar-refractivity contribution is 8.00. The minimum absolute atomic E-state index is 0.0652. The van der Waals surface area contributed by atoms with E-state index in [1.54, 1.807) is 0 Å². The summed E-state index contributed by atoms with van der Waals surface area (Å²) in [5, 5.41) is 0.0652. The number of hydrogen-bond acceptors (Lipinski definition) is 5. The van der Waals surface area contributed by atoms with Crippen LogP contribution in [0.5, 0.6) is 0 Å². The first kappa shape index (κ1) is 17.2. The third kappa shape index (κ3) is 3.80. The molecule has 22 heavy (non-hydrogen) atoms. The Labute approximate surface area is 133 Å². The van der Waals surface area contributed by atoms with Gasteiger partial charge < -0.3 is 4.74 Å². The molecule has 0 aliphatic carbocycles. The largest absolute Gasteiger partial charge is 0.468 e. The zero-order valence-electron chi connectivity index (χ0n) is 12.4. The Hall–Kier alpha value is -1.12. The molecule has 2 rings (SSSR count). The van der Waals surface area contributed by atoms with Crippen LogP contribution in [0, 0.1) is 12.7 Å². The third-order valence-corrected chi connectivity index (χ3v) is 6.66. The second-order valence-corrected chi connectivity index (χ2v) is 8.30. The molecule has 1 aliphatic heterocycles. The number of halogens is 1. The van der Waals surface area contributed by atoms with Gasteiger partial charge in [-0.1, -0.05) is 0 Å². The molecule has 1 aliphatic rings. The van der Waals surface area contributed by atoms with Crippen molar-refractivity contribution in [1.29, 1.82) is 0 Å². The van der Waals surface area contributed by atoms with Crippen LogP contribution in [-0.2, 0) is 19.6 Å². The maximum atomic E-state index is 13.3. The van der Waals surface area contributed by atoms with Gasteiger partial charge >= 0.3 is 5.97 Å². The molecule has 1 fully saturated rings. The van der Waals surface area contributed by atoms with Crippen LogP contribution >= 0.6 is 11.8 Å². The van der Waals surface area contributed by atoms with Gasteiger partial charge in [-0.3, -0.25) is 4.79 Å². The average molecular weight is 347 g/mol. The molecule has 1 heterocycles. The molecule has 1 saturated heterocycles. The van der Waals surface area contributed by atoms with E-state index in [9.17, 15) is 17.6 Å². The van der Waals surface area contributed by atoms with E-state index in [4.69, 9.17) is 0 Å². The van der Waals surface area contributed by atoms with Crippen LogP contribution in [-0.4, -0.2) is 49.9 Å². The summed E-state index contributed by atoms with van der Waals surface area (Å²) in [5.41, 5.74) is 0.303. The lowest BCUT2D eigenvalue weighted by molar-refractivity contribution is -0.137. The molecular formula is C14H18FNO4S2. The van der Waals surface area contributed by atoms with E-state index < -0.39 is 15.8 Å². The van der Waals surface area contributed by atoms with Crippen LogP contribution in [0.2, 0.25) is 0 Å². The SMILES string of the molecule is COC(=O)CSC1CCN(S(=O)(=O)c2ccc(F)c(C)c2)C1. The van der Waals surface area contributed by atoms with Crippen LogP contribution in [0.15, 0.2) is 23.1 Å². The molecule has 0 N–H and O–H groups in total. The van der Waals surface area contributed by atoms with Gasteiger partial charge in [0.25, 0.3) is 0 Å². The summed E-state index contributed by atoms with van der Waals surface area (Å²) in [7, 11) is -2.29. The van der Waals surface area contributed by atoms with Gasteiger partial charge in [0.05, 0.1) is 17.8 Å². The van der Waals surface area contributed by atoms with Gasteiger partial charge in [0.2, 0.25) is 10.0 Å². The highest BCUT2D eigenvalue weighted by Gasteiger charge is 2.33. The first-order chi connectivity index (χ1) is 10.3. The molecule has 1 aromatic carbocycles. The van der Waals surface area contributed by atoms with Crippen LogP contribution in [0.1, 0.15) is 12.0 Å². The van der Waals surface area contributed by atoms with Crippen LogP contribution in [0.4, 0.5) is 4.39 Å². The molecule has 0 aromatic heterocycles. The number of nitrogens with zero attached hydrogens (tertiary/aromatic N) is 1. The van der Waals surface area contributed by atoms with Crippen molar-refractivity contribution >= 4 is 27.8 Å². The van der Waals surface area contributed by atoms with Crippen molar-refractivity contribution in [3.8, 4) is 0 Å². The third-order valence-electron chi connectivity index (χ3n) is 3.54. The Bertz CT molecular complexity index is 663. The number of benzene rings is 1. The molecule has 0 saturated carbocycles. The fraction of sp³-hybridized carbons (Fsp3) is 0.500. The maximum absolute atomic E-state index is 13.3. The lowest BCUT2D eigenvalue weighted by Crippen LogP contribution is -2.29. The molecule has 1 aromatic rings. The summed E-state index contributed by atoms with van der Waals surface area (Å²) >= 11 is 1.40. The minimum atomic E-state index is -3.62. The number of methoxy groups -OCH3 is 1. The zero-order chi connectivity index (χ0) is 16.3. The average Bonchev–Trinajstić information content (AvgIpc) is 2.97. The van der Waals surface area contributed by atoms with Gasteiger partial charge in [-0.2, -0.15) is 4.31 Å². The fourth-order valence-corrected chi connectivity index (χ4v) is 4.95. The minimum Gasteiger partial charge on any atom is -0.468 e. The summed E-state index contributed by atoms with van der Waals surface area (Å²) in [6.07, 6.45) is 0.682. The van der Waals surface area contributed by atoms with E-state index >= 15 is 0 Å². The first-order valence-electron chi connectivity index (χ1n) is 6.79. The molecule has 8 heteroatoms. The number of esters is 1. The molecule has 0 spiro atoms. The topological polar surface area (TPSA) is 63.7 Å². The lowest BCUT2D eigenvalue weighted by Gasteiger charge is -2.17. The summed E-state index contributed by atoms with van der Waals surface area (Å²) in [6, 6.07) is 3.80. The molecule has 0 radical (unpaired) electrons. The molecule has 5 nitrogen and oxygen atoms in total. The number of hydrogen-bond donors (Lipinski definition) is 0. The summed E-state index contributed by atoms with van der Waals surface area (Å²) in [4.78, 5) is 11.2. The molecule has 0 bridgehead atoms. The Morgan fingerprint density at radius 3 is 2.86 bits per heavy atom. The summed E-state index contributed by atoms with van der Waals surface area (Å²) < 4.78 is 44.3. The predicted octanol–water partition coefficient (Wildman–Crippen LogP) is 1.80. The molecular weight excluding hydrogens is 329 g/mol. The molecule has 1 unspecified atom stereocenters. The highest BCUT2D eigenvalue weighted by Crippen LogP contribution is 2.28. The first-order valence-corrected chi connectivity index (χ1v) is 9.28. The number of sulfonamides is 1. The van der Waals surface area contributed by atoms with Gasteiger partial charge in [-0.25, -0.2) is 12.8 Å².